The zero-order valence-electron chi connectivity index (χ0n) is 11.0. The molecule has 102 valence electrons. The lowest BCUT2D eigenvalue weighted by Gasteiger charge is -2.34. The molecule has 17 heavy (non-hydrogen) atoms. The van der Waals surface area contributed by atoms with Crippen molar-refractivity contribution in [2.45, 2.75) is 50.6 Å². The van der Waals surface area contributed by atoms with E-state index in [1.807, 2.05) is 11.8 Å². The van der Waals surface area contributed by atoms with E-state index in [0.717, 1.165) is 12.8 Å². The Morgan fingerprint density at radius 3 is 2.82 bits per heavy atom. The van der Waals surface area contributed by atoms with Crippen molar-refractivity contribution in [2.24, 2.45) is 11.7 Å². The number of nitrogens with two attached hydrogens (primary N) is 1. The van der Waals surface area contributed by atoms with Gasteiger partial charge in [0.05, 0.1) is 0 Å². The Balaban J connectivity index is 2.31. The molecular weight excluding hydrogens is 232 g/mol. The molecule has 1 saturated carbocycles. The van der Waals surface area contributed by atoms with Crippen LogP contribution in [0.4, 0.5) is 0 Å². The molecule has 4 heteroatoms. The van der Waals surface area contributed by atoms with Crippen LogP contribution in [-0.4, -0.2) is 42.4 Å². The quantitative estimate of drug-likeness (QED) is 0.580. The maximum Gasteiger partial charge on any atom is 0.0474 e. The molecule has 0 spiro atoms. The maximum absolute atomic E-state index is 9.39. The first-order chi connectivity index (χ1) is 8.31. The number of thioether (sulfide) groups is 1. The molecule has 0 bridgehead atoms. The first kappa shape index (κ1) is 15.3. The third kappa shape index (κ3) is 5.60. The number of nitrogens with one attached hydrogen (secondary N) is 1. The first-order valence-corrected chi connectivity index (χ1v) is 8.27. The third-order valence-corrected chi connectivity index (χ3v) is 4.48. The largest absolute Gasteiger partial charge is 0.396 e. The summed E-state index contributed by atoms with van der Waals surface area (Å²) in [6.07, 6.45) is 9.45. The summed E-state index contributed by atoms with van der Waals surface area (Å²) in [5.74, 6) is 1.66. The molecule has 1 fully saturated rings. The average Bonchev–Trinajstić information content (AvgIpc) is 2.38. The Morgan fingerprint density at radius 2 is 2.18 bits per heavy atom. The SMILES string of the molecule is CSCCCC(CN)NC1CCCCC1CO. The molecule has 1 aliphatic carbocycles. The van der Waals surface area contributed by atoms with Crippen molar-refractivity contribution in [3.05, 3.63) is 0 Å². The molecular formula is C13H28N2OS. The van der Waals surface area contributed by atoms with Gasteiger partial charge in [-0.2, -0.15) is 11.8 Å². The summed E-state index contributed by atoms with van der Waals surface area (Å²) in [5.41, 5.74) is 5.83. The number of aliphatic hydroxyl groups is 1. The molecule has 0 aliphatic heterocycles. The lowest BCUT2D eigenvalue weighted by atomic mass is 9.84. The molecule has 3 nitrogen and oxygen atoms in total. The summed E-state index contributed by atoms with van der Waals surface area (Å²) in [4.78, 5) is 0. The van der Waals surface area contributed by atoms with Crippen LogP contribution in [-0.2, 0) is 0 Å². The van der Waals surface area contributed by atoms with Crippen molar-refractivity contribution in [3.63, 3.8) is 0 Å². The van der Waals surface area contributed by atoms with Crippen molar-refractivity contribution >= 4 is 11.8 Å². The number of aliphatic hydroxyl groups excluding tert-OH is 1. The van der Waals surface area contributed by atoms with Gasteiger partial charge in [-0.05, 0) is 43.6 Å². The topological polar surface area (TPSA) is 58.3 Å². The number of hydrogen-bond acceptors (Lipinski definition) is 4. The predicted molar refractivity (Wildman–Crippen MR) is 76.4 cm³/mol. The molecule has 3 unspecified atom stereocenters. The minimum Gasteiger partial charge on any atom is -0.396 e. The molecule has 0 radical (unpaired) electrons. The number of rotatable bonds is 8. The van der Waals surface area contributed by atoms with Gasteiger partial charge in [0.2, 0.25) is 0 Å². The van der Waals surface area contributed by atoms with Gasteiger partial charge >= 0.3 is 0 Å². The second-order valence-corrected chi connectivity index (χ2v) is 6.05. The van der Waals surface area contributed by atoms with E-state index in [9.17, 15) is 5.11 Å². The molecule has 0 amide bonds. The van der Waals surface area contributed by atoms with E-state index in [1.165, 1.54) is 31.4 Å². The Bertz CT molecular complexity index is 192. The lowest BCUT2D eigenvalue weighted by Crippen LogP contribution is -2.48. The van der Waals surface area contributed by atoms with Crippen molar-refractivity contribution in [1.29, 1.82) is 0 Å². The molecule has 1 aliphatic rings. The fourth-order valence-corrected chi connectivity index (χ4v) is 3.15. The minimum atomic E-state index is 0.319. The standard InChI is InChI=1S/C13H28N2OS/c1-17-8-4-6-12(9-14)15-13-7-3-2-5-11(13)10-16/h11-13,15-16H,2-10,14H2,1H3. The van der Waals surface area contributed by atoms with E-state index in [2.05, 4.69) is 11.6 Å². The van der Waals surface area contributed by atoms with Crippen LogP contribution in [0.5, 0.6) is 0 Å². The highest BCUT2D eigenvalue weighted by molar-refractivity contribution is 7.98. The molecule has 0 aromatic heterocycles. The summed E-state index contributed by atoms with van der Waals surface area (Å²) < 4.78 is 0. The average molecular weight is 260 g/mol. The zero-order chi connectivity index (χ0) is 12.5. The van der Waals surface area contributed by atoms with Crippen molar-refractivity contribution in [1.82, 2.24) is 5.32 Å². The van der Waals surface area contributed by atoms with E-state index >= 15 is 0 Å². The van der Waals surface area contributed by atoms with Crippen LogP contribution in [0, 0.1) is 5.92 Å². The summed E-state index contributed by atoms with van der Waals surface area (Å²) >= 11 is 1.90. The predicted octanol–water partition coefficient (Wildman–Crippen LogP) is 1.60. The van der Waals surface area contributed by atoms with Crippen molar-refractivity contribution < 1.29 is 5.11 Å². The summed E-state index contributed by atoms with van der Waals surface area (Å²) in [7, 11) is 0. The second-order valence-electron chi connectivity index (χ2n) is 5.07. The second kappa shape index (κ2) is 9.20. The number of hydrogen-bond donors (Lipinski definition) is 3. The fraction of sp³-hybridized carbons (Fsp3) is 1.00. The van der Waals surface area contributed by atoms with Crippen LogP contribution in [0.1, 0.15) is 38.5 Å². The van der Waals surface area contributed by atoms with Gasteiger partial charge in [-0.3, -0.25) is 0 Å². The highest BCUT2D eigenvalue weighted by Gasteiger charge is 2.25. The molecule has 4 N–H and O–H groups in total. The van der Waals surface area contributed by atoms with Crippen molar-refractivity contribution in [3.8, 4) is 0 Å². The van der Waals surface area contributed by atoms with E-state index in [1.54, 1.807) is 0 Å². The van der Waals surface area contributed by atoms with Crippen LogP contribution in [0.25, 0.3) is 0 Å². The zero-order valence-corrected chi connectivity index (χ0v) is 11.8. The lowest BCUT2D eigenvalue weighted by molar-refractivity contribution is 0.145. The third-order valence-electron chi connectivity index (χ3n) is 3.78. The molecule has 1 rings (SSSR count). The molecule has 3 atom stereocenters. The summed E-state index contributed by atoms with van der Waals surface area (Å²) in [6.45, 7) is 1.03. The molecule has 0 saturated heterocycles. The fourth-order valence-electron chi connectivity index (χ4n) is 2.69. The van der Waals surface area contributed by atoms with Gasteiger partial charge in [-0.1, -0.05) is 12.8 Å². The minimum absolute atomic E-state index is 0.319. The van der Waals surface area contributed by atoms with Gasteiger partial charge in [0.15, 0.2) is 0 Å². The monoisotopic (exact) mass is 260 g/mol. The highest BCUT2D eigenvalue weighted by atomic mass is 32.2. The van der Waals surface area contributed by atoms with Gasteiger partial charge < -0.3 is 16.2 Å². The van der Waals surface area contributed by atoms with Gasteiger partial charge in [0.25, 0.3) is 0 Å². The summed E-state index contributed by atoms with van der Waals surface area (Å²) in [6, 6.07) is 0.913. The van der Waals surface area contributed by atoms with Gasteiger partial charge in [0.1, 0.15) is 0 Å². The Kier molecular flexibility index (Phi) is 8.27. The van der Waals surface area contributed by atoms with Gasteiger partial charge in [0, 0.05) is 25.2 Å². The van der Waals surface area contributed by atoms with Crippen LogP contribution in [0.2, 0.25) is 0 Å². The van der Waals surface area contributed by atoms with Crippen LogP contribution in [0.15, 0.2) is 0 Å². The normalized spacial score (nSPS) is 27.0. The summed E-state index contributed by atoms with van der Waals surface area (Å²) in [5, 5.41) is 13.1. The van der Waals surface area contributed by atoms with E-state index in [-0.39, 0.29) is 0 Å². The smallest absolute Gasteiger partial charge is 0.0474 e. The van der Waals surface area contributed by atoms with Crippen molar-refractivity contribution in [2.75, 3.05) is 25.2 Å². The highest BCUT2D eigenvalue weighted by Crippen LogP contribution is 2.24. The first-order valence-electron chi connectivity index (χ1n) is 6.87. The Labute approximate surface area is 110 Å². The van der Waals surface area contributed by atoms with E-state index < -0.39 is 0 Å². The van der Waals surface area contributed by atoms with Crippen LogP contribution in [0.3, 0.4) is 0 Å². The van der Waals surface area contributed by atoms with Gasteiger partial charge in [-0.25, -0.2) is 0 Å². The molecule has 0 heterocycles. The van der Waals surface area contributed by atoms with Crippen LogP contribution >= 0.6 is 11.8 Å². The van der Waals surface area contributed by atoms with Gasteiger partial charge in [-0.15, -0.1) is 0 Å². The molecule has 0 aromatic carbocycles. The van der Waals surface area contributed by atoms with Crippen LogP contribution < -0.4 is 11.1 Å². The van der Waals surface area contributed by atoms with E-state index in [0.29, 0.717) is 31.2 Å². The Morgan fingerprint density at radius 1 is 1.41 bits per heavy atom. The maximum atomic E-state index is 9.39. The Hall–Kier alpha value is 0.230. The molecule has 0 aromatic rings. The van der Waals surface area contributed by atoms with E-state index in [4.69, 9.17) is 5.73 Å².